The number of aromatic carboxylic acids is 1. The van der Waals surface area contributed by atoms with Crippen molar-refractivity contribution in [2.45, 2.75) is 47.0 Å². The second-order valence-corrected chi connectivity index (χ2v) is 7.37. The number of ether oxygens (including phenoxy) is 1. The van der Waals surface area contributed by atoms with Crippen LogP contribution in [0.4, 0.5) is 5.00 Å². The van der Waals surface area contributed by atoms with Gasteiger partial charge in [0.05, 0.1) is 0 Å². The maximum Gasteiger partial charge on any atom is 0.339 e. The maximum atomic E-state index is 11.4. The largest absolute Gasteiger partial charge is 0.478 e. The molecule has 5 nitrogen and oxygen atoms in total. The van der Waals surface area contributed by atoms with E-state index in [0.29, 0.717) is 22.7 Å². The van der Waals surface area contributed by atoms with Crippen LogP contribution in [-0.2, 0) is 11.2 Å². The number of thiophene rings is 1. The normalized spacial score (nSPS) is 11.3. The summed E-state index contributed by atoms with van der Waals surface area (Å²) >= 11 is 1.37. The van der Waals surface area contributed by atoms with Gasteiger partial charge in [-0.15, -0.1) is 11.3 Å². The Morgan fingerprint density at radius 2 is 1.94 bits per heavy atom. The standard InChI is InChI=1S/C15H13NO3S.C7H10.C4H8O.C2H6/c1-16-14-13(15(17)18)10(8-20-14)12-7-6-9-4-2-3-5-11(9)19-12;1-3-5-7-6-4-2;1-2-3-4-5;1-2/h2-5,7-8,16H,6H2,1H3,(H,17,18);3-7H,1H2,2H3;4H,2-3H2,1H3;1-2H3/b;6-4-,7-5-;;. The van der Waals surface area contributed by atoms with Crippen LogP contribution >= 0.6 is 11.3 Å². The van der Waals surface area contributed by atoms with Gasteiger partial charge in [-0.25, -0.2) is 4.79 Å². The molecule has 0 fully saturated rings. The number of fused-ring (bicyclic) bond motifs is 1. The zero-order valence-corrected chi connectivity index (χ0v) is 21.7. The molecule has 0 amide bonds. The van der Waals surface area contributed by atoms with Crippen molar-refractivity contribution >= 4 is 34.4 Å². The van der Waals surface area contributed by atoms with Gasteiger partial charge in [0.1, 0.15) is 28.4 Å². The van der Waals surface area contributed by atoms with Crippen LogP contribution in [0.15, 0.2) is 72.7 Å². The number of allylic oxidation sites excluding steroid dienone is 6. The second kappa shape index (κ2) is 19.1. The number of hydrogen-bond donors (Lipinski definition) is 2. The molecule has 0 saturated heterocycles. The molecule has 1 aromatic carbocycles. The lowest BCUT2D eigenvalue weighted by Crippen LogP contribution is -2.08. The fourth-order valence-electron chi connectivity index (χ4n) is 2.61. The van der Waals surface area contributed by atoms with Crippen molar-refractivity contribution in [1.82, 2.24) is 0 Å². The van der Waals surface area contributed by atoms with Gasteiger partial charge in [-0.3, -0.25) is 0 Å². The van der Waals surface area contributed by atoms with Gasteiger partial charge < -0.3 is 20.0 Å². The second-order valence-electron chi connectivity index (χ2n) is 6.49. The third-order valence-corrected chi connectivity index (χ3v) is 5.15. The Morgan fingerprint density at radius 1 is 1.24 bits per heavy atom. The molecule has 1 aromatic heterocycles. The summed E-state index contributed by atoms with van der Waals surface area (Å²) in [5.41, 5.74) is 2.00. The van der Waals surface area contributed by atoms with Crippen molar-refractivity contribution in [3.05, 3.63) is 89.4 Å². The smallest absolute Gasteiger partial charge is 0.339 e. The molecule has 3 rings (SSSR count). The summed E-state index contributed by atoms with van der Waals surface area (Å²) in [6.07, 6.45) is 14.8. The van der Waals surface area contributed by atoms with E-state index in [4.69, 9.17) is 4.74 Å². The quantitative estimate of drug-likeness (QED) is 0.311. The number of unbranched alkanes of at least 4 members (excludes halogenated alkanes) is 1. The summed E-state index contributed by atoms with van der Waals surface area (Å²) in [5.74, 6) is 0.450. The van der Waals surface area contributed by atoms with E-state index in [2.05, 4.69) is 11.9 Å². The van der Waals surface area contributed by atoms with E-state index in [1.807, 2.05) is 87.7 Å². The molecule has 0 bridgehead atoms. The third kappa shape index (κ3) is 10.5. The number of rotatable bonds is 7. The molecule has 184 valence electrons. The average molecular weight is 484 g/mol. The lowest BCUT2D eigenvalue weighted by atomic mass is 10.0. The Morgan fingerprint density at radius 3 is 2.47 bits per heavy atom. The minimum absolute atomic E-state index is 0.267. The van der Waals surface area contributed by atoms with Gasteiger partial charge >= 0.3 is 5.97 Å². The van der Waals surface area contributed by atoms with Gasteiger partial charge in [-0.05, 0) is 37.5 Å². The summed E-state index contributed by atoms with van der Waals surface area (Å²) < 4.78 is 5.84. The topological polar surface area (TPSA) is 75.6 Å². The minimum Gasteiger partial charge on any atom is -0.478 e. The molecular weight excluding hydrogens is 446 g/mol. The predicted octanol–water partition coefficient (Wildman–Crippen LogP) is 7.78. The summed E-state index contributed by atoms with van der Waals surface area (Å²) in [6.45, 7) is 11.5. The monoisotopic (exact) mass is 483 g/mol. The zero-order chi connectivity index (χ0) is 25.8. The van der Waals surface area contributed by atoms with E-state index in [1.54, 1.807) is 13.1 Å². The highest BCUT2D eigenvalue weighted by atomic mass is 32.1. The molecule has 0 radical (unpaired) electrons. The van der Waals surface area contributed by atoms with Crippen molar-refractivity contribution in [2.24, 2.45) is 0 Å². The Kier molecular flexibility index (Phi) is 17.2. The summed E-state index contributed by atoms with van der Waals surface area (Å²) in [4.78, 5) is 20.8. The molecule has 1 aliphatic rings. The van der Waals surface area contributed by atoms with E-state index >= 15 is 0 Å². The Bertz CT molecular complexity index is 971. The van der Waals surface area contributed by atoms with Crippen LogP contribution in [0.1, 0.15) is 62.0 Å². The van der Waals surface area contributed by atoms with Crippen molar-refractivity contribution < 1.29 is 19.4 Å². The van der Waals surface area contributed by atoms with Gasteiger partial charge in [-0.1, -0.05) is 75.9 Å². The van der Waals surface area contributed by atoms with Crippen molar-refractivity contribution in [2.75, 3.05) is 12.4 Å². The number of para-hydroxylation sites is 1. The molecule has 1 aliphatic heterocycles. The summed E-state index contributed by atoms with van der Waals surface area (Å²) in [5, 5.41) is 14.7. The number of anilines is 1. The number of aldehydes is 1. The van der Waals surface area contributed by atoms with E-state index in [0.717, 1.165) is 30.4 Å². The average Bonchev–Trinajstić information content (AvgIpc) is 3.31. The van der Waals surface area contributed by atoms with Crippen molar-refractivity contribution in [1.29, 1.82) is 0 Å². The summed E-state index contributed by atoms with van der Waals surface area (Å²) in [7, 11) is 1.72. The van der Waals surface area contributed by atoms with Crippen molar-refractivity contribution in [3.63, 3.8) is 0 Å². The molecule has 2 N–H and O–H groups in total. The van der Waals surface area contributed by atoms with Crippen LogP contribution in [0.2, 0.25) is 0 Å². The molecule has 2 aromatic rings. The van der Waals surface area contributed by atoms with Crippen LogP contribution in [0, 0.1) is 0 Å². The van der Waals surface area contributed by atoms with Gasteiger partial charge in [0, 0.05) is 24.4 Å². The first-order chi connectivity index (χ1) is 16.5. The van der Waals surface area contributed by atoms with Crippen LogP contribution in [0.25, 0.3) is 5.76 Å². The van der Waals surface area contributed by atoms with Gasteiger partial charge in [0.2, 0.25) is 0 Å². The number of carboxylic acid groups (broad SMARTS) is 1. The van der Waals surface area contributed by atoms with Crippen LogP contribution in [0.5, 0.6) is 5.75 Å². The first-order valence-electron chi connectivity index (χ1n) is 11.4. The fraction of sp³-hybridized carbons (Fsp3) is 0.286. The molecule has 0 unspecified atom stereocenters. The number of nitrogens with one attached hydrogen (secondary N) is 1. The third-order valence-electron chi connectivity index (χ3n) is 4.15. The van der Waals surface area contributed by atoms with E-state index in [9.17, 15) is 14.7 Å². The highest BCUT2D eigenvalue weighted by Gasteiger charge is 2.23. The van der Waals surface area contributed by atoms with Crippen LogP contribution < -0.4 is 10.1 Å². The maximum absolute atomic E-state index is 11.4. The lowest BCUT2D eigenvalue weighted by Gasteiger charge is -2.18. The fourth-order valence-corrected chi connectivity index (χ4v) is 3.51. The number of hydrogen-bond acceptors (Lipinski definition) is 5. The Labute approximate surface area is 208 Å². The highest BCUT2D eigenvalue weighted by molar-refractivity contribution is 7.14. The molecule has 34 heavy (non-hydrogen) atoms. The number of benzene rings is 1. The number of carboxylic acids is 1. The zero-order valence-electron chi connectivity index (χ0n) is 20.8. The van der Waals surface area contributed by atoms with E-state index in [-0.39, 0.29) is 5.56 Å². The first kappa shape index (κ1) is 30.6. The van der Waals surface area contributed by atoms with Gasteiger partial charge in [-0.2, -0.15) is 0 Å². The van der Waals surface area contributed by atoms with Crippen molar-refractivity contribution in [3.8, 4) is 5.75 Å². The Hall–Kier alpha value is -3.38. The minimum atomic E-state index is -0.950. The Balaban J connectivity index is 0.000000648. The van der Waals surface area contributed by atoms with E-state index in [1.165, 1.54) is 11.3 Å². The highest BCUT2D eigenvalue weighted by Crippen LogP contribution is 2.36. The van der Waals surface area contributed by atoms with Gasteiger partial charge in [0.15, 0.2) is 0 Å². The molecule has 0 spiro atoms. The SMILES string of the molecule is C=C/C=C\C=C/C.CC.CCCC=O.CNc1scc(C2=CCc3ccccc3O2)c1C(=O)O. The van der Waals surface area contributed by atoms with Gasteiger partial charge in [0.25, 0.3) is 0 Å². The molecule has 2 heterocycles. The molecule has 0 atom stereocenters. The summed E-state index contributed by atoms with van der Waals surface area (Å²) in [6, 6.07) is 7.78. The predicted molar refractivity (Wildman–Crippen MR) is 146 cm³/mol. The number of carbonyl (C=O) groups excluding carboxylic acids is 1. The lowest BCUT2D eigenvalue weighted by molar-refractivity contribution is -0.107. The van der Waals surface area contributed by atoms with Crippen LogP contribution in [-0.4, -0.2) is 24.4 Å². The molecular formula is C28H37NO4S. The molecule has 0 aliphatic carbocycles. The first-order valence-corrected chi connectivity index (χ1v) is 12.2. The van der Waals surface area contributed by atoms with E-state index < -0.39 is 5.97 Å². The molecule has 0 saturated carbocycles. The molecule has 6 heteroatoms. The van der Waals surface area contributed by atoms with Crippen LogP contribution in [0.3, 0.4) is 0 Å². The number of carbonyl (C=O) groups is 2.